The van der Waals surface area contributed by atoms with Crippen LogP contribution < -0.4 is 5.32 Å². The Morgan fingerprint density at radius 2 is 1.51 bits per heavy atom. The minimum Gasteiger partial charge on any atom is -0.481 e. The first kappa shape index (κ1) is 24.0. The molecule has 35 heavy (non-hydrogen) atoms. The van der Waals surface area contributed by atoms with Gasteiger partial charge in [0, 0.05) is 19.5 Å². The number of nitrogens with zero attached hydrogens (tertiary/aromatic N) is 1. The van der Waals surface area contributed by atoms with Crippen LogP contribution in [0.2, 0.25) is 0 Å². The van der Waals surface area contributed by atoms with Gasteiger partial charge in [-0.05, 0) is 34.7 Å². The molecule has 0 saturated carbocycles. The number of carboxylic acid groups (broad SMARTS) is 1. The van der Waals surface area contributed by atoms with Crippen molar-refractivity contribution in [3.05, 3.63) is 95.1 Å². The number of likely N-dealkylation sites (N-methyl/N-ethyl adjacent to an activating group) is 1. The highest BCUT2D eigenvalue weighted by atomic mass is 16.5. The molecule has 7 nitrogen and oxygen atoms in total. The fourth-order valence-electron chi connectivity index (χ4n) is 4.47. The summed E-state index contributed by atoms with van der Waals surface area (Å²) in [6, 6.07) is 22.4. The van der Waals surface area contributed by atoms with Crippen LogP contribution in [-0.2, 0) is 20.9 Å². The Morgan fingerprint density at radius 3 is 2.09 bits per heavy atom. The van der Waals surface area contributed by atoms with Gasteiger partial charge in [-0.1, -0.05) is 78.4 Å². The summed E-state index contributed by atoms with van der Waals surface area (Å²) in [5.41, 5.74) is 6.35. The van der Waals surface area contributed by atoms with E-state index in [1.54, 1.807) is 7.05 Å². The van der Waals surface area contributed by atoms with Crippen LogP contribution in [-0.4, -0.2) is 47.7 Å². The predicted molar refractivity (Wildman–Crippen MR) is 132 cm³/mol. The largest absolute Gasteiger partial charge is 0.481 e. The van der Waals surface area contributed by atoms with Crippen molar-refractivity contribution < 1.29 is 24.2 Å². The number of ether oxygens (including phenoxy) is 1. The van der Waals surface area contributed by atoms with Crippen LogP contribution in [0.15, 0.2) is 72.8 Å². The van der Waals surface area contributed by atoms with E-state index in [0.717, 1.165) is 33.4 Å². The van der Waals surface area contributed by atoms with E-state index in [9.17, 15) is 19.5 Å². The maximum Gasteiger partial charge on any atom is 0.407 e. The zero-order valence-electron chi connectivity index (χ0n) is 19.7. The fourth-order valence-corrected chi connectivity index (χ4v) is 4.47. The third-order valence-corrected chi connectivity index (χ3v) is 6.23. The zero-order chi connectivity index (χ0) is 24.9. The molecule has 0 heterocycles. The number of carbonyl (C=O) groups excluding carboxylic acids is 2. The Kier molecular flexibility index (Phi) is 7.15. The molecular weight excluding hydrogens is 444 g/mol. The van der Waals surface area contributed by atoms with E-state index in [-0.39, 0.29) is 12.5 Å². The van der Waals surface area contributed by atoms with Gasteiger partial charge in [0.2, 0.25) is 5.91 Å². The molecule has 1 atom stereocenters. The first-order chi connectivity index (χ1) is 16.8. The van der Waals surface area contributed by atoms with E-state index >= 15 is 0 Å². The highest BCUT2D eigenvalue weighted by Crippen LogP contribution is 2.44. The second-order valence-electron chi connectivity index (χ2n) is 8.80. The third-order valence-electron chi connectivity index (χ3n) is 6.23. The lowest BCUT2D eigenvalue weighted by molar-refractivity contribution is -0.142. The second kappa shape index (κ2) is 10.4. The number of hydrogen-bond acceptors (Lipinski definition) is 4. The summed E-state index contributed by atoms with van der Waals surface area (Å²) in [5, 5.41) is 11.8. The summed E-state index contributed by atoms with van der Waals surface area (Å²) in [5.74, 6) is -1.82. The van der Waals surface area contributed by atoms with Crippen molar-refractivity contribution in [1.82, 2.24) is 10.2 Å². The molecule has 2 amide bonds. The van der Waals surface area contributed by atoms with Crippen LogP contribution in [0.25, 0.3) is 11.1 Å². The molecule has 4 rings (SSSR count). The number of fused-ring (bicyclic) bond motifs is 3. The molecule has 0 spiro atoms. The van der Waals surface area contributed by atoms with Crippen LogP contribution in [0.1, 0.15) is 34.6 Å². The highest BCUT2D eigenvalue weighted by molar-refractivity contribution is 5.89. The quantitative estimate of drug-likeness (QED) is 0.509. The minimum atomic E-state index is -1.24. The lowest BCUT2D eigenvalue weighted by Gasteiger charge is -2.24. The van der Waals surface area contributed by atoms with Gasteiger partial charge in [0.1, 0.15) is 12.6 Å². The molecule has 7 heteroatoms. The molecule has 2 N–H and O–H groups in total. The van der Waals surface area contributed by atoms with Gasteiger partial charge in [-0.15, -0.1) is 0 Å². The third kappa shape index (κ3) is 5.51. The van der Waals surface area contributed by atoms with Crippen LogP contribution in [0.5, 0.6) is 0 Å². The molecule has 0 fully saturated rings. The maximum absolute atomic E-state index is 13.0. The summed E-state index contributed by atoms with van der Waals surface area (Å²) in [7, 11) is 1.58. The number of nitrogens with one attached hydrogen (secondary N) is 1. The molecule has 3 aromatic carbocycles. The second-order valence-corrected chi connectivity index (χ2v) is 8.80. The summed E-state index contributed by atoms with van der Waals surface area (Å²) in [6.07, 6.45) is -1.36. The minimum absolute atomic E-state index is 0.0764. The summed E-state index contributed by atoms with van der Waals surface area (Å²) >= 11 is 0. The van der Waals surface area contributed by atoms with Crippen molar-refractivity contribution >= 4 is 18.0 Å². The van der Waals surface area contributed by atoms with Gasteiger partial charge >= 0.3 is 12.1 Å². The number of aryl methyl sites for hydroxylation is 1. The Balaban J connectivity index is 1.41. The molecular formula is C28H28N2O5. The Bertz CT molecular complexity index is 1190. The molecule has 0 radical (unpaired) electrons. The molecule has 0 saturated heterocycles. The fraction of sp³-hybridized carbons (Fsp3) is 0.250. The van der Waals surface area contributed by atoms with Gasteiger partial charge in [0.05, 0.1) is 6.42 Å². The van der Waals surface area contributed by atoms with E-state index in [1.165, 1.54) is 4.90 Å². The number of carbonyl (C=O) groups is 3. The first-order valence-corrected chi connectivity index (χ1v) is 11.5. The zero-order valence-corrected chi connectivity index (χ0v) is 19.7. The molecule has 0 aromatic heterocycles. The van der Waals surface area contributed by atoms with Crippen LogP contribution in [0, 0.1) is 6.92 Å². The predicted octanol–water partition coefficient (Wildman–Crippen LogP) is 4.34. The molecule has 180 valence electrons. The first-order valence-electron chi connectivity index (χ1n) is 11.5. The molecule has 0 aliphatic heterocycles. The average Bonchev–Trinajstić information content (AvgIpc) is 3.16. The van der Waals surface area contributed by atoms with Crippen LogP contribution >= 0.6 is 0 Å². The van der Waals surface area contributed by atoms with E-state index < -0.39 is 30.4 Å². The molecule has 1 unspecified atom stereocenters. The van der Waals surface area contributed by atoms with Gasteiger partial charge in [-0.2, -0.15) is 0 Å². The number of amides is 2. The normalized spacial score (nSPS) is 12.9. The van der Waals surface area contributed by atoms with E-state index in [2.05, 4.69) is 5.32 Å². The topological polar surface area (TPSA) is 95.9 Å². The number of alkyl carbamates (subject to hydrolysis) is 1. The van der Waals surface area contributed by atoms with Gasteiger partial charge < -0.3 is 20.1 Å². The summed E-state index contributed by atoms with van der Waals surface area (Å²) < 4.78 is 5.50. The summed E-state index contributed by atoms with van der Waals surface area (Å²) in [4.78, 5) is 38.4. The van der Waals surface area contributed by atoms with Gasteiger partial charge in [-0.3, -0.25) is 9.59 Å². The van der Waals surface area contributed by atoms with Crippen molar-refractivity contribution in [2.24, 2.45) is 0 Å². The number of rotatable bonds is 8. The van der Waals surface area contributed by atoms with E-state index in [0.29, 0.717) is 6.54 Å². The molecule has 3 aromatic rings. The van der Waals surface area contributed by atoms with Crippen molar-refractivity contribution in [2.75, 3.05) is 13.7 Å². The van der Waals surface area contributed by atoms with Gasteiger partial charge in [0.25, 0.3) is 0 Å². The molecule has 0 bridgehead atoms. The monoisotopic (exact) mass is 472 g/mol. The lowest BCUT2D eigenvalue weighted by atomic mass is 9.98. The molecule has 1 aliphatic carbocycles. The van der Waals surface area contributed by atoms with Crippen LogP contribution in [0.4, 0.5) is 4.79 Å². The van der Waals surface area contributed by atoms with Crippen molar-refractivity contribution in [3.8, 4) is 11.1 Å². The lowest BCUT2D eigenvalue weighted by Crippen LogP contribution is -2.48. The highest BCUT2D eigenvalue weighted by Gasteiger charge is 2.31. The number of carboxylic acids is 1. The van der Waals surface area contributed by atoms with Gasteiger partial charge in [0.15, 0.2) is 0 Å². The number of aliphatic carboxylic acids is 1. The SMILES string of the molecule is Cc1ccc(CN(C)C(=O)C(CC(=O)O)NC(=O)OCC2c3ccccc3-c3ccccc32)cc1. The van der Waals surface area contributed by atoms with Gasteiger partial charge in [-0.25, -0.2) is 4.79 Å². The summed E-state index contributed by atoms with van der Waals surface area (Å²) in [6.45, 7) is 2.34. The van der Waals surface area contributed by atoms with E-state index in [1.807, 2.05) is 79.7 Å². The Labute approximate surface area is 204 Å². The van der Waals surface area contributed by atoms with Crippen molar-refractivity contribution in [3.63, 3.8) is 0 Å². The van der Waals surface area contributed by atoms with E-state index in [4.69, 9.17) is 4.74 Å². The van der Waals surface area contributed by atoms with Crippen molar-refractivity contribution in [1.29, 1.82) is 0 Å². The Hall–Kier alpha value is -4.13. The maximum atomic E-state index is 13.0. The van der Waals surface area contributed by atoms with Crippen molar-refractivity contribution in [2.45, 2.75) is 31.8 Å². The number of benzene rings is 3. The average molecular weight is 473 g/mol. The number of hydrogen-bond donors (Lipinski definition) is 2. The Morgan fingerprint density at radius 1 is 0.943 bits per heavy atom. The molecule has 1 aliphatic rings. The standard InChI is InChI=1S/C28H28N2O5/c1-18-11-13-19(14-12-18)16-30(2)27(33)25(15-26(31)32)29-28(34)35-17-24-22-9-5-3-7-20(22)21-8-4-6-10-23(21)24/h3-14,24-25H,15-17H2,1-2H3,(H,29,34)(H,31,32). The smallest absolute Gasteiger partial charge is 0.407 e. The van der Waals surface area contributed by atoms with Crippen LogP contribution in [0.3, 0.4) is 0 Å².